The van der Waals surface area contributed by atoms with Crippen LogP contribution in [-0.4, -0.2) is 46.5 Å². The number of rotatable bonds is 7. The van der Waals surface area contributed by atoms with Gasteiger partial charge in [0.25, 0.3) is 5.91 Å². The van der Waals surface area contributed by atoms with Crippen molar-refractivity contribution in [2.45, 2.75) is 33.6 Å². The molecule has 1 aromatic rings. The van der Waals surface area contributed by atoms with E-state index in [1.54, 1.807) is 6.92 Å². The van der Waals surface area contributed by atoms with Crippen LogP contribution in [0.2, 0.25) is 0 Å². The highest BCUT2D eigenvalue weighted by Gasteiger charge is 2.23. The molecule has 0 aliphatic rings. The Labute approximate surface area is 118 Å². The van der Waals surface area contributed by atoms with Gasteiger partial charge in [-0.2, -0.15) is 5.10 Å². The third-order valence-corrected chi connectivity index (χ3v) is 2.88. The molecule has 1 rings (SSSR count). The Morgan fingerprint density at radius 1 is 1.35 bits per heavy atom. The molecule has 0 aromatic carbocycles. The monoisotopic (exact) mass is 281 g/mol. The van der Waals surface area contributed by atoms with Gasteiger partial charge in [0.05, 0.1) is 17.9 Å². The summed E-state index contributed by atoms with van der Waals surface area (Å²) >= 11 is 0. The summed E-state index contributed by atoms with van der Waals surface area (Å²) in [5.41, 5.74) is 6.98. The number of carbonyl (C=O) groups is 2. The third-order valence-electron chi connectivity index (χ3n) is 2.88. The number of amides is 2. The van der Waals surface area contributed by atoms with E-state index in [4.69, 9.17) is 5.73 Å². The Morgan fingerprint density at radius 3 is 2.55 bits per heavy atom. The van der Waals surface area contributed by atoms with Gasteiger partial charge in [-0.15, -0.1) is 0 Å². The van der Waals surface area contributed by atoms with Crippen molar-refractivity contribution < 1.29 is 9.59 Å². The lowest BCUT2D eigenvalue weighted by Gasteiger charge is -2.20. The molecule has 20 heavy (non-hydrogen) atoms. The quantitative estimate of drug-likeness (QED) is 0.683. The molecule has 1 heterocycles. The van der Waals surface area contributed by atoms with Crippen LogP contribution in [0.5, 0.6) is 0 Å². The molecule has 0 bridgehead atoms. The lowest BCUT2D eigenvalue weighted by Crippen LogP contribution is -2.41. The maximum absolute atomic E-state index is 12.4. The molecule has 0 radical (unpaired) electrons. The predicted molar refractivity (Wildman–Crippen MR) is 77.2 cm³/mol. The number of H-pyrrole nitrogens is 1. The van der Waals surface area contributed by atoms with Crippen LogP contribution in [0, 0.1) is 6.92 Å². The molecule has 1 aromatic heterocycles. The summed E-state index contributed by atoms with van der Waals surface area (Å²) in [7, 11) is 0. The molecule has 0 saturated carbocycles. The molecule has 0 spiro atoms. The Bertz CT molecular complexity index is 469. The van der Waals surface area contributed by atoms with Crippen molar-refractivity contribution in [1.29, 1.82) is 0 Å². The van der Waals surface area contributed by atoms with Crippen molar-refractivity contribution in [2.24, 2.45) is 0 Å². The van der Waals surface area contributed by atoms with Crippen LogP contribution in [0.4, 0.5) is 5.69 Å². The molecule has 112 valence electrons. The van der Waals surface area contributed by atoms with Crippen molar-refractivity contribution in [1.82, 2.24) is 20.4 Å². The van der Waals surface area contributed by atoms with Crippen LogP contribution < -0.4 is 11.1 Å². The second-order valence-electron chi connectivity index (χ2n) is 4.69. The van der Waals surface area contributed by atoms with Crippen molar-refractivity contribution in [3.05, 3.63) is 11.4 Å². The highest BCUT2D eigenvalue weighted by molar-refractivity contribution is 5.99. The summed E-state index contributed by atoms with van der Waals surface area (Å²) in [5.74, 6) is -0.486. The van der Waals surface area contributed by atoms with Gasteiger partial charge >= 0.3 is 0 Å². The number of hydrogen-bond acceptors (Lipinski definition) is 4. The van der Waals surface area contributed by atoms with E-state index in [2.05, 4.69) is 15.5 Å². The number of nitrogens with zero attached hydrogens (tertiary/aromatic N) is 2. The van der Waals surface area contributed by atoms with Crippen molar-refractivity contribution in [2.75, 3.05) is 25.4 Å². The molecule has 0 aliphatic carbocycles. The average Bonchev–Trinajstić information content (AvgIpc) is 2.75. The first-order chi connectivity index (χ1) is 9.51. The van der Waals surface area contributed by atoms with Gasteiger partial charge in [-0.05, 0) is 19.8 Å². The molecular formula is C13H23N5O2. The molecule has 7 heteroatoms. The van der Waals surface area contributed by atoms with Gasteiger partial charge in [0.2, 0.25) is 5.91 Å². The van der Waals surface area contributed by atoms with E-state index >= 15 is 0 Å². The normalized spacial score (nSPS) is 10.3. The zero-order valence-electron chi connectivity index (χ0n) is 12.3. The van der Waals surface area contributed by atoms with Crippen molar-refractivity contribution >= 4 is 17.5 Å². The van der Waals surface area contributed by atoms with Gasteiger partial charge in [0, 0.05) is 13.1 Å². The number of hydrogen-bond donors (Lipinski definition) is 3. The Kier molecular flexibility index (Phi) is 6.02. The number of nitrogens with two attached hydrogens (primary N) is 1. The summed E-state index contributed by atoms with van der Waals surface area (Å²) in [6, 6.07) is 0. The molecule has 4 N–H and O–H groups in total. The molecule has 0 saturated heterocycles. The molecule has 0 aliphatic heterocycles. The lowest BCUT2D eigenvalue weighted by atomic mass is 10.2. The minimum atomic E-state index is -0.319. The van der Waals surface area contributed by atoms with Crippen LogP contribution in [0.25, 0.3) is 0 Å². The fourth-order valence-corrected chi connectivity index (χ4v) is 1.77. The molecule has 0 unspecified atom stereocenters. The Morgan fingerprint density at radius 2 is 2.05 bits per heavy atom. The first kappa shape index (κ1) is 16.0. The molecule has 2 amide bonds. The third kappa shape index (κ3) is 3.97. The molecular weight excluding hydrogens is 258 g/mol. The smallest absolute Gasteiger partial charge is 0.276 e. The summed E-state index contributed by atoms with van der Waals surface area (Å²) < 4.78 is 0. The highest BCUT2D eigenvalue weighted by Crippen LogP contribution is 2.15. The van der Waals surface area contributed by atoms with Gasteiger partial charge in [0.1, 0.15) is 0 Å². The van der Waals surface area contributed by atoms with Crippen LogP contribution in [0.1, 0.15) is 42.9 Å². The van der Waals surface area contributed by atoms with E-state index in [1.807, 2.05) is 13.8 Å². The molecule has 7 nitrogen and oxygen atoms in total. The highest BCUT2D eigenvalue weighted by atomic mass is 16.2. The van der Waals surface area contributed by atoms with Crippen molar-refractivity contribution in [3.8, 4) is 0 Å². The van der Waals surface area contributed by atoms with Crippen molar-refractivity contribution in [3.63, 3.8) is 0 Å². The van der Waals surface area contributed by atoms with E-state index in [9.17, 15) is 9.59 Å². The standard InChI is InChI=1S/C13H23N5O2/c1-4-6-15-10(19)8-18(7-5-2)13(20)12-11(14)9(3)16-17-12/h4-8,14H2,1-3H3,(H,15,19)(H,16,17). The zero-order valence-corrected chi connectivity index (χ0v) is 12.3. The van der Waals surface area contributed by atoms with Gasteiger partial charge < -0.3 is 16.0 Å². The number of aromatic nitrogens is 2. The largest absolute Gasteiger partial charge is 0.395 e. The van der Waals surface area contributed by atoms with E-state index in [-0.39, 0.29) is 24.1 Å². The summed E-state index contributed by atoms with van der Waals surface area (Å²) in [6.07, 6.45) is 1.62. The van der Waals surface area contributed by atoms with Gasteiger partial charge in [0.15, 0.2) is 5.69 Å². The first-order valence-electron chi connectivity index (χ1n) is 6.87. The van der Waals surface area contributed by atoms with E-state index in [1.165, 1.54) is 4.90 Å². The predicted octanol–water partition coefficient (Wildman–Crippen LogP) is 0.679. The number of aryl methyl sites for hydroxylation is 1. The topological polar surface area (TPSA) is 104 Å². The number of anilines is 1. The Hall–Kier alpha value is -2.05. The number of nitrogen functional groups attached to an aromatic ring is 1. The van der Waals surface area contributed by atoms with Gasteiger partial charge in [-0.1, -0.05) is 13.8 Å². The molecule has 0 atom stereocenters. The fraction of sp³-hybridized carbons (Fsp3) is 0.615. The molecule has 0 fully saturated rings. The van der Waals surface area contributed by atoms with E-state index in [0.717, 1.165) is 12.8 Å². The Balaban J connectivity index is 2.77. The van der Waals surface area contributed by atoms with Gasteiger partial charge in [-0.3, -0.25) is 14.7 Å². The SMILES string of the molecule is CCCNC(=O)CN(CCC)C(=O)c1n[nH]c(C)c1N. The lowest BCUT2D eigenvalue weighted by molar-refractivity contribution is -0.121. The number of carbonyl (C=O) groups excluding carboxylic acids is 2. The van der Waals surface area contributed by atoms with Gasteiger partial charge in [-0.25, -0.2) is 0 Å². The number of nitrogens with one attached hydrogen (secondary N) is 2. The van der Waals surface area contributed by atoms with Crippen LogP contribution in [0.3, 0.4) is 0 Å². The van der Waals surface area contributed by atoms with Crippen LogP contribution in [-0.2, 0) is 4.79 Å². The minimum Gasteiger partial charge on any atom is -0.395 e. The zero-order chi connectivity index (χ0) is 15.1. The number of aromatic amines is 1. The maximum Gasteiger partial charge on any atom is 0.276 e. The maximum atomic E-state index is 12.4. The van der Waals surface area contributed by atoms with Crippen LogP contribution >= 0.6 is 0 Å². The van der Waals surface area contributed by atoms with Crippen LogP contribution in [0.15, 0.2) is 0 Å². The summed E-state index contributed by atoms with van der Waals surface area (Å²) in [6.45, 7) is 6.79. The average molecular weight is 281 g/mol. The minimum absolute atomic E-state index is 0.0258. The second-order valence-corrected chi connectivity index (χ2v) is 4.69. The summed E-state index contributed by atoms with van der Waals surface area (Å²) in [4.78, 5) is 25.6. The first-order valence-corrected chi connectivity index (χ1v) is 6.87. The van der Waals surface area contributed by atoms with E-state index in [0.29, 0.717) is 24.5 Å². The summed E-state index contributed by atoms with van der Waals surface area (Å²) in [5, 5.41) is 9.35. The van der Waals surface area contributed by atoms with E-state index < -0.39 is 0 Å². The second kappa shape index (κ2) is 7.52. The fourth-order valence-electron chi connectivity index (χ4n) is 1.77.